The zero-order valence-corrected chi connectivity index (χ0v) is 12.9. The molecular formula is C16H26N2O3. The molecule has 118 valence electrons. The van der Waals surface area contributed by atoms with Crippen molar-refractivity contribution in [3.05, 3.63) is 0 Å². The van der Waals surface area contributed by atoms with Crippen LogP contribution in [0, 0.1) is 11.8 Å². The molecule has 0 aromatic carbocycles. The van der Waals surface area contributed by atoms with Crippen LogP contribution in [0.4, 0.5) is 0 Å². The van der Waals surface area contributed by atoms with Gasteiger partial charge in [0.2, 0.25) is 11.8 Å². The van der Waals surface area contributed by atoms with Crippen molar-refractivity contribution in [3.8, 4) is 0 Å². The molecule has 0 N–H and O–H groups in total. The van der Waals surface area contributed by atoms with Gasteiger partial charge in [-0.2, -0.15) is 0 Å². The summed E-state index contributed by atoms with van der Waals surface area (Å²) in [6, 6.07) is 0. The molecular weight excluding hydrogens is 268 g/mol. The van der Waals surface area contributed by atoms with E-state index in [1.165, 1.54) is 6.42 Å². The molecule has 2 amide bonds. The van der Waals surface area contributed by atoms with E-state index in [0.717, 1.165) is 39.0 Å². The van der Waals surface area contributed by atoms with Crippen LogP contribution in [-0.4, -0.2) is 60.5 Å². The fraction of sp³-hybridized carbons (Fsp3) is 0.875. The van der Waals surface area contributed by atoms with Gasteiger partial charge in [-0.05, 0) is 31.6 Å². The number of rotatable bonds is 3. The third kappa shape index (κ3) is 3.39. The number of amides is 2. The van der Waals surface area contributed by atoms with Gasteiger partial charge in [-0.25, -0.2) is 0 Å². The molecule has 0 spiro atoms. The number of nitrogens with zero attached hydrogens (tertiary/aromatic N) is 2. The molecule has 0 saturated carbocycles. The molecule has 3 saturated heterocycles. The smallest absolute Gasteiger partial charge is 0.228 e. The number of ether oxygens (including phenoxy) is 1. The van der Waals surface area contributed by atoms with Crippen LogP contribution in [-0.2, 0) is 14.3 Å². The van der Waals surface area contributed by atoms with Gasteiger partial charge in [-0.3, -0.25) is 9.59 Å². The highest BCUT2D eigenvalue weighted by Gasteiger charge is 2.38. The summed E-state index contributed by atoms with van der Waals surface area (Å²) in [6.45, 7) is 5.97. The monoisotopic (exact) mass is 294 g/mol. The van der Waals surface area contributed by atoms with Gasteiger partial charge in [-0.15, -0.1) is 0 Å². The summed E-state index contributed by atoms with van der Waals surface area (Å²) in [7, 11) is 0. The lowest BCUT2D eigenvalue weighted by molar-refractivity contribution is -0.137. The van der Waals surface area contributed by atoms with Gasteiger partial charge >= 0.3 is 0 Å². The molecule has 0 aromatic rings. The Hall–Kier alpha value is -1.10. The molecule has 3 fully saturated rings. The number of carbonyl (C=O) groups is 2. The van der Waals surface area contributed by atoms with Crippen LogP contribution < -0.4 is 0 Å². The Morgan fingerprint density at radius 3 is 2.86 bits per heavy atom. The molecule has 0 bridgehead atoms. The molecule has 21 heavy (non-hydrogen) atoms. The van der Waals surface area contributed by atoms with Crippen LogP contribution in [0.1, 0.15) is 39.0 Å². The van der Waals surface area contributed by atoms with E-state index in [0.29, 0.717) is 25.4 Å². The van der Waals surface area contributed by atoms with Crippen molar-refractivity contribution in [1.29, 1.82) is 0 Å². The minimum Gasteiger partial charge on any atom is -0.376 e. The minimum atomic E-state index is -0.135. The molecule has 0 radical (unpaired) electrons. The molecule has 0 aromatic heterocycles. The zero-order valence-electron chi connectivity index (χ0n) is 12.9. The molecule has 5 nitrogen and oxygen atoms in total. The second kappa shape index (κ2) is 6.34. The third-order valence-corrected chi connectivity index (χ3v) is 4.98. The van der Waals surface area contributed by atoms with E-state index < -0.39 is 0 Å². The van der Waals surface area contributed by atoms with Crippen LogP contribution in [0.2, 0.25) is 0 Å². The maximum atomic E-state index is 12.6. The number of hydrogen-bond donors (Lipinski definition) is 0. The van der Waals surface area contributed by atoms with Gasteiger partial charge in [0.25, 0.3) is 0 Å². The van der Waals surface area contributed by atoms with Gasteiger partial charge < -0.3 is 14.5 Å². The lowest BCUT2D eigenvalue weighted by Gasteiger charge is -2.32. The summed E-state index contributed by atoms with van der Waals surface area (Å²) in [4.78, 5) is 28.5. The number of piperidine rings is 1. The number of carbonyl (C=O) groups excluding carboxylic acids is 2. The normalized spacial score (nSPS) is 33.8. The standard InChI is InChI=1S/C16H26N2O3/c1-12-4-2-6-17(9-12)16(20)13-8-15(19)18(10-13)11-14-5-3-7-21-14/h12-14H,2-11H2,1H3. The maximum absolute atomic E-state index is 12.6. The fourth-order valence-electron chi connectivity index (χ4n) is 3.80. The average Bonchev–Trinajstić information content (AvgIpc) is 3.09. The van der Waals surface area contributed by atoms with E-state index in [9.17, 15) is 9.59 Å². The first-order chi connectivity index (χ1) is 10.1. The summed E-state index contributed by atoms with van der Waals surface area (Å²) in [5.41, 5.74) is 0. The molecule has 3 rings (SSSR count). The summed E-state index contributed by atoms with van der Waals surface area (Å²) in [5.74, 6) is 0.755. The van der Waals surface area contributed by atoms with E-state index in [4.69, 9.17) is 4.74 Å². The van der Waals surface area contributed by atoms with Crippen molar-refractivity contribution in [3.63, 3.8) is 0 Å². The van der Waals surface area contributed by atoms with Crippen molar-refractivity contribution in [1.82, 2.24) is 9.80 Å². The predicted octanol–water partition coefficient (Wildman–Crippen LogP) is 1.27. The maximum Gasteiger partial charge on any atom is 0.228 e. The molecule has 5 heteroatoms. The van der Waals surface area contributed by atoms with Crippen molar-refractivity contribution >= 4 is 11.8 Å². The zero-order chi connectivity index (χ0) is 14.8. The van der Waals surface area contributed by atoms with E-state index in [-0.39, 0.29) is 23.8 Å². The van der Waals surface area contributed by atoms with Gasteiger partial charge in [0.05, 0.1) is 12.0 Å². The van der Waals surface area contributed by atoms with Gasteiger partial charge in [0.15, 0.2) is 0 Å². The third-order valence-electron chi connectivity index (χ3n) is 4.98. The summed E-state index contributed by atoms with van der Waals surface area (Å²) >= 11 is 0. The molecule has 0 aliphatic carbocycles. The van der Waals surface area contributed by atoms with Crippen LogP contribution >= 0.6 is 0 Å². The first-order valence-corrected chi connectivity index (χ1v) is 8.31. The summed E-state index contributed by atoms with van der Waals surface area (Å²) in [6.07, 6.45) is 4.98. The molecule has 3 heterocycles. The van der Waals surface area contributed by atoms with Crippen molar-refractivity contribution < 1.29 is 14.3 Å². The van der Waals surface area contributed by atoms with Crippen molar-refractivity contribution in [2.24, 2.45) is 11.8 Å². The first kappa shape index (κ1) is 14.8. The summed E-state index contributed by atoms with van der Waals surface area (Å²) < 4.78 is 5.60. The van der Waals surface area contributed by atoms with Gasteiger partial charge in [0, 0.05) is 39.2 Å². The topological polar surface area (TPSA) is 49.9 Å². The lowest BCUT2D eigenvalue weighted by atomic mass is 9.98. The van der Waals surface area contributed by atoms with E-state index in [1.807, 2.05) is 9.80 Å². The first-order valence-electron chi connectivity index (χ1n) is 8.31. The Morgan fingerprint density at radius 2 is 2.14 bits per heavy atom. The van der Waals surface area contributed by atoms with Crippen molar-refractivity contribution in [2.75, 3.05) is 32.8 Å². The molecule has 3 atom stereocenters. The lowest BCUT2D eigenvalue weighted by Crippen LogP contribution is -2.43. The minimum absolute atomic E-state index is 0.119. The Morgan fingerprint density at radius 1 is 1.29 bits per heavy atom. The van der Waals surface area contributed by atoms with Crippen molar-refractivity contribution in [2.45, 2.75) is 45.1 Å². The second-order valence-electron chi connectivity index (χ2n) is 6.87. The van der Waals surface area contributed by atoms with Crippen LogP contribution in [0.15, 0.2) is 0 Å². The van der Waals surface area contributed by atoms with E-state index in [2.05, 4.69) is 6.92 Å². The van der Waals surface area contributed by atoms with E-state index >= 15 is 0 Å². The highest BCUT2D eigenvalue weighted by molar-refractivity contribution is 5.89. The predicted molar refractivity (Wildman–Crippen MR) is 78.6 cm³/mol. The number of hydrogen-bond acceptors (Lipinski definition) is 3. The Bertz CT molecular complexity index is 406. The highest BCUT2D eigenvalue weighted by atomic mass is 16.5. The number of likely N-dealkylation sites (tertiary alicyclic amines) is 2. The fourth-order valence-corrected chi connectivity index (χ4v) is 3.80. The Kier molecular flexibility index (Phi) is 4.48. The van der Waals surface area contributed by atoms with Crippen LogP contribution in [0.5, 0.6) is 0 Å². The Labute approximate surface area is 126 Å². The quantitative estimate of drug-likeness (QED) is 0.787. The van der Waals surface area contributed by atoms with Gasteiger partial charge in [0.1, 0.15) is 0 Å². The van der Waals surface area contributed by atoms with E-state index in [1.54, 1.807) is 0 Å². The van der Waals surface area contributed by atoms with Crippen LogP contribution in [0.25, 0.3) is 0 Å². The second-order valence-corrected chi connectivity index (χ2v) is 6.87. The Balaban J connectivity index is 1.54. The molecule has 3 aliphatic heterocycles. The molecule has 3 aliphatic rings. The molecule has 3 unspecified atom stereocenters. The van der Waals surface area contributed by atoms with Crippen LogP contribution in [0.3, 0.4) is 0 Å². The average molecular weight is 294 g/mol. The largest absolute Gasteiger partial charge is 0.376 e. The highest BCUT2D eigenvalue weighted by Crippen LogP contribution is 2.25. The summed E-state index contributed by atoms with van der Waals surface area (Å²) in [5, 5.41) is 0. The SMILES string of the molecule is CC1CCCN(C(=O)C2CC(=O)N(CC3CCCO3)C2)C1. The van der Waals surface area contributed by atoms with Gasteiger partial charge in [-0.1, -0.05) is 6.92 Å².